The number of carbonyl (C=O) groups is 1. The van der Waals surface area contributed by atoms with E-state index in [4.69, 9.17) is 9.15 Å². The van der Waals surface area contributed by atoms with Crippen molar-refractivity contribution in [1.29, 1.82) is 0 Å². The minimum absolute atomic E-state index is 0.111. The lowest BCUT2D eigenvalue weighted by Gasteiger charge is -2.10. The SMILES string of the molecule is CSc1ccccc1NC(=O)COc1ccc2c(=O)c(-c3ccccc3)coc2c1. The van der Waals surface area contributed by atoms with Crippen molar-refractivity contribution in [1.82, 2.24) is 0 Å². The predicted molar refractivity (Wildman–Crippen MR) is 120 cm³/mol. The molecule has 30 heavy (non-hydrogen) atoms. The highest BCUT2D eigenvalue weighted by atomic mass is 32.2. The lowest BCUT2D eigenvalue weighted by molar-refractivity contribution is -0.118. The Labute approximate surface area is 177 Å². The van der Waals surface area contributed by atoms with Gasteiger partial charge >= 0.3 is 0 Å². The van der Waals surface area contributed by atoms with Crippen molar-refractivity contribution >= 4 is 34.3 Å². The number of fused-ring (bicyclic) bond motifs is 1. The number of rotatable bonds is 6. The summed E-state index contributed by atoms with van der Waals surface area (Å²) < 4.78 is 11.3. The van der Waals surface area contributed by atoms with Gasteiger partial charge in [0.25, 0.3) is 5.91 Å². The highest BCUT2D eigenvalue weighted by Gasteiger charge is 2.11. The summed E-state index contributed by atoms with van der Waals surface area (Å²) in [5, 5.41) is 3.31. The number of carbonyl (C=O) groups excluding carboxylic acids is 1. The number of hydrogen-bond donors (Lipinski definition) is 1. The van der Waals surface area contributed by atoms with Crippen LogP contribution >= 0.6 is 11.8 Å². The van der Waals surface area contributed by atoms with Gasteiger partial charge in [-0.05, 0) is 36.1 Å². The van der Waals surface area contributed by atoms with E-state index in [1.54, 1.807) is 30.0 Å². The Morgan fingerprint density at radius 3 is 2.60 bits per heavy atom. The molecule has 0 spiro atoms. The molecule has 5 nitrogen and oxygen atoms in total. The standard InChI is InChI=1S/C24H19NO4S/c1-30-22-10-6-5-9-20(22)25-23(26)15-28-17-11-12-18-21(13-17)29-14-19(24(18)27)16-7-3-2-4-8-16/h2-14H,15H2,1H3,(H,25,26). The number of thioether (sulfide) groups is 1. The monoisotopic (exact) mass is 417 g/mol. The van der Waals surface area contributed by atoms with E-state index < -0.39 is 0 Å². The van der Waals surface area contributed by atoms with Gasteiger partial charge in [-0.25, -0.2) is 0 Å². The zero-order chi connectivity index (χ0) is 20.9. The van der Waals surface area contributed by atoms with E-state index >= 15 is 0 Å². The molecule has 0 bridgehead atoms. The van der Waals surface area contributed by atoms with Crippen LogP contribution in [-0.2, 0) is 4.79 Å². The van der Waals surface area contributed by atoms with Crippen molar-refractivity contribution in [3.05, 3.63) is 89.3 Å². The summed E-state index contributed by atoms with van der Waals surface area (Å²) in [4.78, 5) is 26.0. The summed E-state index contributed by atoms with van der Waals surface area (Å²) >= 11 is 1.56. The molecule has 1 aromatic heterocycles. The number of amides is 1. The summed E-state index contributed by atoms with van der Waals surface area (Å²) in [6.45, 7) is -0.152. The van der Waals surface area contributed by atoms with Gasteiger partial charge in [-0.15, -0.1) is 11.8 Å². The predicted octanol–water partition coefficient (Wildman–Crippen LogP) is 5.20. The average molecular weight is 417 g/mol. The van der Waals surface area contributed by atoms with Crippen molar-refractivity contribution in [2.45, 2.75) is 4.90 Å². The van der Waals surface area contributed by atoms with Crippen molar-refractivity contribution in [2.24, 2.45) is 0 Å². The van der Waals surface area contributed by atoms with Gasteiger partial charge in [-0.1, -0.05) is 42.5 Å². The molecule has 0 aliphatic rings. The van der Waals surface area contributed by atoms with E-state index in [1.807, 2.05) is 60.9 Å². The molecule has 0 aliphatic carbocycles. The Balaban J connectivity index is 1.49. The largest absolute Gasteiger partial charge is 0.484 e. The first-order chi connectivity index (χ1) is 14.7. The summed E-state index contributed by atoms with van der Waals surface area (Å²) in [7, 11) is 0. The maximum Gasteiger partial charge on any atom is 0.262 e. The van der Waals surface area contributed by atoms with E-state index in [-0.39, 0.29) is 17.9 Å². The number of nitrogens with one attached hydrogen (secondary N) is 1. The van der Waals surface area contributed by atoms with Crippen molar-refractivity contribution in [2.75, 3.05) is 18.2 Å². The van der Waals surface area contributed by atoms with E-state index in [2.05, 4.69) is 5.32 Å². The van der Waals surface area contributed by atoms with Gasteiger partial charge in [0.2, 0.25) is 0 Å². The third kappa shape index (κ3) is 4.23. The molecule has 4 rings (SSSR count). The Morgan fingerprint density at radius 1 is 1.03 bits per heavy atom. The molecule has 1 amide bonds. The zero-order valence-electron chi connectivity index (χ0n) is 16.3. The minimum atomic E-state index is -0.266. The molecule has 0 fully saturated rings. The lowest BCUT2D eigenvalue weighted by Crippen LogP contribution is -2.20. The van der Waals surface area contributed by atoms with Crippen LogP contribution in [0.1, 0.15) is 0 Å². The molecule has 1 N–H and O–H groups in total. The van der Waals surface area contributed by atoms with Crippen molar-refractivity contribution < 1.29 is 13.9 Å². The van der Waals surface area contributed by atoms with Gasteiger partial charge in [0.15, 0.2) is 12.0 Å². The number of para-hydroxylation sites is 1. The first-order valence-corrected chi connectivity index (χ1v) is 10.5. The number of benzene rings is 3. The van der Waals surface area contributed by atoms with Gasteiger partial charge in [0.1, 0.15) is 17.6 Å². The van der Waals surface area contributed by atoms with E-state index in [0.717, 1.165) is 16.1 Å². The molecular formula is C24H19NO4S. The van der Waals surface area contributed by atoms with E-state index in [9.17, 15) is 9.59 Å². The van der Waals surface area contributed by atoms with Crippen molar-refractivity contribution in [3.8, 4) is 16.9 Å². The molecule has 150 valence electrons. The Hall–Kier alpha value is -3.51. The molecule has 0 saturated heterocycles. The summed E-state index contributed by atoms with van der Waals surface area (Å²) in [6.07, 6.45) is 3.41. The fourth-order valence-corrected chi connectivity index (χ4v) is 3.65. The van der Waals surface area contributed by atoms with Gasteiger partial charge in [-0.3, -0.25) is 9.59 Å². The third-order valence-electron chi connectivity index (χ3n) is 4.58. The molecule has 0 saturated carbocycles. The first kappa shape index (κ1) is 19.8. The fraction of sp³-hybridized carbons (Fsp3) is 0.0833. The van der Waals surface area contributed by atoms with Crippen LogP contribution in [0, 0.1) is 0 Å². The average Bonchev–Trinajstić information content (AvgIpc) is 2.79. The highest BCUT2D eigenvalue weighted by molar-refractivity contribution is 7.98. The van der Waals surface area contributed by atoms with Gasteiger partial charge in [-0.2, -0.15) is 0 Å². The molecular weight excluding hydrogens is 398 g/mol. The van der Waals surface area contributed by atoms with Crippen LogP contribution in [0.3, 0.4) is 0 Å². The zero-order valence-corrected chi connectivity index (χ0v) is 17.1. The van der Waals surface area contributed by atoms with Crippen LogP contribution in [0.15, 0.2) is 93.2 Å². The summed E-state index contributed by atoms with van der Waals surface area (Å²) in [5.74, 6) is 0.184. The summed E-state index contributed by atoms with van der Waals surface area (Å²) in [6, 6.07) is 21.9. The Bertz CT molecular complexity index is 1250. The van der Waals surface area contributed by atoms with Crippen LogP contribution in [-0.4, -0.2) is 18.8 Å². The van der Waals surface area contributed by atoms with E-state index in [0.29, 0.717) is 22.3 Å². The maximum atomic E-state index is 12.8. The molecule has 0 aliphatic heterocycles. The number of ether oxygens (including phenoxy) is 1. The molecule has 3 aromatic carbocycles. The topological polar surface area (TPSA) is 68.5 Å². The molecule has 1 heterocycles. The number of anilines is 1. The van der Waals surface area contributed by atoms with Crippen molar-refractivity contribution in [3.63, 3.8) is 0 Å². The molecule has 0 radical (unpaired) electrons. The van der Waals surface area contributed by atoms with E-state index in [1.165, 1.54) is 6.26 Å². The Morgan fingerprint density at radius 2 is 1.80 bits per heavy atom. The smallest absolute Gasteiger partial charge is 0.262 e. The molecule has 6 heteroatoms. The normalized spacial score (nSPS) is 10.7. The second-order valence-corrected chi connectivity index (χ2v) is 7.39. The lowest BCUT2D eigenvalue weighted by atomic mass is 10.1. The number of hydrogen-bond acceptors (Lipinski definition) is 5. The van der Waals surface area contributed by atoms with Crippen LogP contribution in [0.25, 0.3) is 22.1 Å². The van der Waals surface area contributed by atoms with Gasteiger partial charge in [0, 0.05) is 11.0 Å². The van der Waals surface area contributed by atoms with Crippen LogP contribution in [0.5, 0.6) is 5.75 Å². The highest BCUT2D eigenvalue weighted by Crippen LogP contribution is 2.25. The second kappa shape index (κ2) is 8.88. The van der Waals surface area contributed by atoms with Crippen LogP contribution < -0.4 is 15.5 Å². The molecule has 0 unspecified atom stereocenters. The molecule has 0 atom stereocenters. The molecule has 4 aromatic rings. The fourth-order valence-electron chi connectivity index (χ4n) is 3.10. The van der Waals surface area contributed by atoms with Gasteiger partial charge < -0.3 is 14.5 Å². The summed E-state index contributed by atoms with van der Waals surface area (Å²) in [5.41, 5.74) is 2.35. The van der Waals surface area contributed by atoms with Gasteiger partial charge in [0.05, 0.1) is 16.6 Å². The quantitative estimate of drug-likeness (QED) is 0.437. The third-order valence-corrected chi connectivity index (χ3v) is 5.38. The minimum Gasteiger partial charge on any atom is -0.484 e. The maximum absolute atomic E-state index is 12.8. The van der Waals surface area contributed by atoms with Crippen LogP contribution in [0.2, 0.25) is 0 Å². The second-order valence-electron chi connectivity index (χ2n) is 6.54. The first-order valence-electron chi connectivity index (χ1n) is 9.32. The van der Waals surface area contributed by atoms with Crippen LogP contribution in [0.4, 0.5) is 5.69 Å². The Kier molecular flexibility index (Phi) is 5.86.